The minimum Gasteiger partial charge on any atom is -0.208 e. The Balaban J connectivity index is 1.49. The smallest absolute Gasteiger partial charge is 0.165 e. The van der Waals surface area contributed by atoms with E-state index >= 15 is 0 Å². The minimum absolute atomic E-state index is 0.674. The van der Waals surface area contributed by atoms with Crippen LogP contribution in [0.5, 0.6) is 0 Å². The van der Waals surface area contributed by atoms with Crippen LogP contribution in [-0.4, -0.2) is 15.0 Å². The molecule has 37 heavy (non-hydrogen) atoms. The molecule has 174 valence electrons. The maximum atomic E-state index is 4.98. The van der Waals surface area contributed by atoms with Crippen LogP contribution in [0.3, 0.4) is 0 Å². The van der Waals surface area contributed by atoms with Gasteiger partial charge in [-0.1, -0.05) is 115 Å². The number of hydrogen-bond acceptors (Lipinski definition) is 4. The Hall–Kier alpha value is -4.67. The summed E-state index contributed by atoms with van der Waals surface area (Å²) in [5.41, 5.74) is 5.43. The molecule has 0 N–H and O–H groups in total. The first-order chi connectivity index (χ1) is 18.3. The standard InChI is InChI=1S/C33H21N3S/c1-4-12-22(13-5-1)25-18-11-21-28-29(25)26-19-10-20-27(30(26)37-28)33-35-31(23-14-6-2-7-15-23)34-32(36-33)24-16-8-3-9-17-24/h1-21H. The van der Waals surface area contributed by atoms with Crippen molar-refractivity contribution in [2.75, 3.05) is 0 Å². The summed E-state index contributed by atoms with van der Waals surface area (Å²) >= 11 is 1.79. The largest absolute Gasteiger partial charge is 0.208 e. The molecule has 0 saturated heterocycles. The van der Waals surface area contributed by atoms with Gasteiger partial charge in [0.05, 0.1) is 0 Å². The van der Waals surface area contributed by atoms with Gasteiger partial charge in [-0.25, -0.2) is 15.0 Å². The van der Waals surface area contributed by atoms with Gasteiger partial charge in [0.1, 0.15) is 0 Å². The molecule has 0 fully saturated rings. The van der Waals surface area contributed by atoms with Crippen molar-refractivity contribution in [2.24, 2.45) is 0 Å². The van der Waals surface area contributed by atoms with Crippen molar-refractivity contribution in [1.29, 1.82) is 0 Å². The molecule has 0 aliphatic rings. The van der Waals surface area contributed by atoms with Crippen LogP contribution in [0.1, 0.15) is 0 Å². The predicted octanol–water partition coefficient (Wildman–Crippen LogP) is 8.91. The van der Waals surface area contributed by atoms with Gasteiger partial charge in [-0.15, -0.1) is 11.3 Å². The maximum absolute atomic E-state index is 4.98. The molecule has 3 nitrogen and oxygen atoms in total. The predicted molar refractivity (Wildman–Crippen MR) is 154 cm³/mol. The third-order valence-electron chi connectivity index (χ3n) is 6.55. The van der Waals surface area contributed by atoms with Crippen LogP contribution in [0, 0.1) is 0 Å². The first kappa shape index (κ1) is 21.6. The molecular weight excluding hydrogens is 470 g/mol. The Kier molecular flexibility index (Phi) is 5.30. The lowest BCUT2D eigenvalue weighted by atomic mass is 9.99. The zero-order valence-electron chi connectivity index (χ0n) is 19.9. The molecule has 0 bridgehead atoms. The number of benzene rings is 5. The number of rotatable bonds is 4. The van der Waals surface area contributed by atoms with E-state index in [0.29, 0.717) is 17.5 Å². The van der Waals surface area contributed by atoms with Crippen molar-refractivity contribution in [2.45, 2.75) is 0 Å². The average Bonchev–Trinajstić information content (AvgIpc) is 3.37. The Morgan fingerprint density at radius 2 is 0.919 bits per heavy atom. The van der Waals surface area contributed by atoms with Crippen LogP contribution in [0.2, 0.25) is 0 Å². The second-order valence-corrected chi connectivity index (χ2v) is 9.92. The molecule has 7 rings (SSSR count). The van der Waals surface area contributed by atoms with E-state index in [0.717, 1.165) is 16.7 Å². The Morgan fingerprint density at radius 3 is 1.54 bits per heavy atom. The number of aromatic nitrogens is 3. The third kappa shape index (κ3) is 3.88. The fraction of sp³-hybridized carbons (Fsp3) is 0. The van der Waals surface area contributed by atoms with Gasteiger partial charge in [-0.2, -0.15) is 0 Å². The fourth-order valence-corrected chi connectivity index (χ4v) is 6.05. The minimum atomic E-state index is 0.674. The van der Waals surface area contributed by atoms with E-state index in [1.165, 1.54) is 31.3 Å². The van der Waals surface area contributed by atoms with Gasteiger partial charge in [-0.3, -0.25) is 0 Å². The highest BCUT2D eigenvalue weighted by atomic mass is 32.1. The molecule has 0 radical (unpaired) electrons. The van der Waals surface area contributed by atoms with E-state index in [1.807, 2.05) is 60.7 Å². The normalized spacial score (nSPS) is 11.2. The van der Waals surface area contributed by atoms with Crippen molar-refractivity contribution >= 4 is 31.5 Å². The van der Waals surface area contributed by atoms with E-state index in [2.05, 4.69) is 66.7 Å². The topological polar surface area (TPSA) is 38.7 Å². The molecule has 0 aliphatic carbocycles. The van der Waals surface area contributed by atoms with Gasteiger partial charge in [0, 0.05) is 36.9 Å². The molecule has 0 amide bonds. The van der Waals surface area contributed by atoms with E-state index in [1.54, 1.807) is 11.3 Å². The lowest BCUT2D eigenvalue weighted by molar-refractivity contribution is 1.08. The van der Waals surface area contributed by atoms with E-state index in [-0.39, 0.29) is 0 Å². The molecule has 2 heterocycles. The number of nitrogens with zero attached hydrogens (tertiary/aromatic N) is 3. The van der Waals surface area contributed by atoms with E-state index < -0.39 is 0 Å². The molecular formula is C33H21N3S. The van der Waals surface area contributed by atoms with Gasteiger partial charge in [0.15, 0.2) is 17.5 Å². The molecule has 0 spiro atoms. The summed E-state index contributed by atoms with van der Waals surface area (Å²) in [7, 11) is 0. The zero-order chi connectivity index (χ0) is 24.6. The Labute approximate surface area is 218 Å². The van der Waals surface area contributed by atoms with Crippen molar-refractivity contribution in [3.05, 3.63) is 127 Å². The number of hydrogen-bond donors (Lipinski definition) is 0. The number of fused-ring (bicyclic) bond motifs is 3. The van der Waals surface area contributed by atoms with Crippen molar-refractivity contribution in [3.63, 3.8) is 0 Å². The SMILES string of the molecule is c1ccc(-c2nc(-c3ccccc3)nc(-c3cccc4c3sc3cccc(-c5ccccc5)c34)n2)cc1. The lowest BCUT2D eigenvalue weighted by Gasteiger charge is -2.09. The summed E-state index contributed by atoms with van der Waals surface area (Å²) in [4.78, 5) is 14.8. The molecule has 7 aromatic rings. The van der Waals surface area contributed by atoms with Crippen LogP contribution in [0.4, 0.5) is 0 Å². The summed E-state index contributed by atoms with van der Waals surface area (Å²) in [6.45, 7) is 0. The molecule has 0 unspecified atom stereocenters. The molecule has 2 aromatic heterocycles. The molecule has 4 heteroatoms. The zero-order valence-corrected chi connectivity index (χ0v) is 20.7. The summed E-state index contributed by atoms with van der Waals surface area (Å²) in [6, 6.07) is 43.8. The molecule has 0 aliphatic heterocycles. The van der Waals surface area contributed by atoms with Gasteiger partial charge in [-0.05, 0) is 23.3 Å². The second-order valence-electron chi connectivity index (χ2n) is 8.87. The summed E-state index contributed by atoms with van der Waals surface area (Å²) < 4.78 is 2.44. The Bertz CT molecular complexity index is 1800. The highest BCUT2D eigenvalue weighted by Crippen LogP contribution is 2.43. The molecule has 5 aromatic carbocycles. The first-order valence-corrected chi connectivity index (χ1v) is 13.0. The van der Waals surface area contributed by atoms with Gasteiger partial charge in [0.25, 0.3) is 0 Å². The molecule has 0 atom stereocenters. The third-order valence-corrected chi connectivity index (χ3v) is 7.75. The van der Waals surface area contributed by atoms with Crippen LogP contribution in [-0.2, 0) is 0 Å². The number of thiophene rings is 1. The second kappa shape index (κ2) is 9.08. The lowest BCUT2D eigenvalue weighted by Crippen LogP contribution is -2.00. The van der Waals surface area contributed by atoms with Gasteiger partial charge in [0.2, 0.25) is 0 Å². The van der Waals surface area contributed by atoms with Crippen LogP contribution >= 0.6 is 11.3 Å². The van der Waals surface area contributed by atoms with Crippen molar-refractivity contribution < 1.29 is 0 Å². The average molecular weight is 492 g/mol. The van der Waals surface area contributed by atoms with Gasteiger partial charge < -0.3 is 0 Å². The van der Waals surface area contributed by atoms with Gasteiger partial charge >= 0.3 is 0 Å². The monoisotopic (exact) mass is 491 g/mol. The fourth-order valence-electron chi connectivity index (χ4n) is 4.81. The van der Waals surface area contributed by atoms with Crippen molar-refractivity contribution in [1.82, 2.24) is 15.0 Å². The summed E-state index contributed by atoms with van der Waals surface area (Å²) in [6.07, 6.45) is 0. The van der Waals surface area contributed by atoms with Crippen LogP contribution < -0.4 is 0 Å². The maximum Gasteiger partial charge on any atom is 0.165 e. The van der Waals surface area contributed by atoms with Crippen molar-refractivity contribution in [3.8, 4) is 45.3 Å². The van der Waals surface area contributed by atoms with Crippen LogP contribution in [0.15, 0.2) is 127 Å². The summed E-state index contributed by atoms with van der Waals surface area (Å²) in [5, 5.41) is 2.50. The highest BCUT2D eigenvalue weighted by Gasteiger charge is 2.17. The van der Waals surface area contributed by atoms with Crippen LogP contribution in [0.25, 0.3) is 65.5 Å². The first-order valence-electron chi connectivity index (χ1n) is 12.2. The van der Waals surface area contributed by atoms with E-state index in [9.17, 15) is 0 Å². The van der Waals surface area contributed by atoms with E-state index in [4.69, 9.17) is 15.0 Å². The Morgan fingerprint density at radius 1 is 0.405 bits per heavy atom. The quantitative estimate of drug-likeness (QED) is 0.247. The highest BCUT2D eigenvalue weighted by molar-refractivity contribution is 7.26. The summed E-state index contributed by atoms with van der Waals surface area (Å²) in [5.74, 6) is 2.03. The molecule has 0 saturated carbocycles.